The van der Waals surface area contributed by atoms with Crippen LogP contribution in [-0.2, 0) is 4.79 Å². The van der Waals surface area contributed by atoms with E-state index in [1.165, 1.54) is 0 Å². The lowest BCUT2D eigenvalue weighted by Gasteiger charge is -2.18. The van der Waals surface area contributed by atoms with Crippen molar-refractivity contribution >= 4 is 5.91 Å². The fourth-order valence-corrected chi connectivity index (χ4v) is 1.93. The summed E-state index contributed by atoms with van der Waals surface area (Å²) in [5.74, 6) is 0.0862. The van der Waals surface area contributed by atoms with Crippen LogP contribution in [0.2, 0.25) is 0 Å². The maximum Gasteiger partial charge on any atom is 0.227 e. The Morgan fingerprint density at radius 3 is 2.62 bits per heavy atom. The lowest BCUT2D eigenvalue weighted by atomic mass is 10.1. The maximum atomic E-state index is 11.7. The van der Waals surface area contributed by atoms with Crippen molar-refractivity contribution in [2.45, 2.75) is 26.3 Å². The number of nitrogens with two attached hydrogens (primary N) is 1. The van der Waals surface area contributed by atoms with Gasteiger partial charge in [0.15, 0.2) is 0 Å². The number of hydrogen-bond donors (Lipinski definition) is 2. The number of likely N-dealkylation sites (N-methyl/N-ethyl adjacent to an activating group) is 1. The molecule has 2 unspecified atom stereocenters. The van der Waals surface area contributed by atoms with Gasteiger partial charge in [0.2, 0.25) is 5.91 Å². The molecule has 0 fully saturated rings. The van der Waals surface area contributed by atoms with Gasteiger partial charge in [-0.2, -0.15) is 0 Å². The van der Waals surface area contributed by atoms with Crippen LogP contribution in [0.25, 0.3) is 0 Å². The molecule has 0 bridgehead atoms. The molecule has 1 aliphatic carbocycles. The molecule has 0 aromatic carbocycles. The highest BCUT2D eigenvalue weighted by Gasteiger charge is 2.22. The fourth-order valence-electron chi connectivity index (χ4n) is 1.93. The summed E-state index contributed by atoms with van der Waals surface area (Å²) in [5.41, 5.74) is 5.71. The van der Waals surface area contributed by atoms with Crippen LogP contribution in [0.5, 0.6) is 0 Å². The lowest BCUT2D eigenvalue weighted by Crippen LogP contribution is -2.37. The lowest BCUT2D eigenvalue weighted by molar-refractivity contribution is -0.123. The van der Waals surface area contributed by atoms with Crippen LogP contribution < -0.4 is 11.1 Å². The Bertz CT molecular complexity index is 249. The Kier molecular flexibility index (Phi) is 5.49. The Balaban J connectivity index is 2.18. The summed E-state index contributed by atoms with van der Waals surface area (Å²) in [5, 5.41) is 2.96. The quantitative estimate of drug-likeness (QED) is 0.641. The fraction of sp³-hybridized carbons (Fsp3) is 0.750. The monoisotopic (exact) mass is 225 g/mol. The van der Waals surface area contributed by atoms with Crippen LogP contribution in [0, 0.1) is 5.92 Å². The molecule has 0 saturated heterocycles. The van der Waals surface area contributed by atoms with Crippen molar-refractivity contribution < 1.29 is 4.79 Å². The third-order valence-electron chi connectivity index (χ3n) is 3.08. The van der Waals surface area contributed by atoms with Crippen molar-refractivity contribution in [2.75, 3.05) is 26.2 Å². The number of nitrogens with one attached hydrogen (secondary N) is 1. The molecule has 0 aromatic rings. The third kappa shape index (κ3) is 3.94. The summed E-state index contributed by atoms with van der Waals surface area (Å²) >= 11 is 0. The molecule has 0 aromatic heterocycles. The molecule has 1 aliphatic rings. The predicted octanol–water partition coefficient (Wildman–Crippen LogP) is 0.348. The van der Waals surface area contributed by atoms with Gasteiger partial charge in [0.1, 0.15) is 0 Å². The van der Waals surface area contributed by atoms with E-state index in [-0.39, 0.29) is 17.9 Å². The number of hydrogen-bond acceptors (Lipinski definition) is 3. The van der Waals surface area contributed by atoms with Gasteiger partial charge in [-0.15, -0.1) is 0 Å². The molecule has 92 valence electrons. The van der Waals surface area contributed by atoms with Gasteiger partial charge in [-0.1, -0.05) is 26.0 Å². The second kappa shape index (κ2) is 6.66. The minimum atomic E-state index is -0.0216. The molecular weight excluding hydrogens is 202 g/mol. The van der Waals surface area contributed by atoms with Gasteiger partial charge in [-0.25, -0.2) is 0 Å². The van der Waals surface area contributed by atoms with Crippen LogP contribution in [0.3, 0.4) is 0 Å². The van der Waals surface area contributed by atoms with Crippen LogP contribution in [0.15, 0.2) is 12.2 Å². The number of amides is 1. The molecule has 0 aliphatic heterocycles. The van der Waals surface area contributed by atoms with Crippen molar-refractivity contribution in [3.8, 4) is 0 Å². The van der Waals surface area contributed by atoms with Crippen molar-refractivity contribution in [1.29, 1.82) is 0 Å². The molecule has 0 saturated carbocycles. The molecule has 4 heteroatoms. The van der Waals surface area contributed by atoms with E-state index in [9.17, 15) is 4.79 Å². The topological polar surface area (TPSA) is 58.4 Å². The van der Waals surface area contributed by atoms with Gasteiger partial charge in [-0.3, -0.25) is 4.79 Å². The van der Waals surface area contributed by atoms with Gasteiger partial charge in [0.05, 0.1) is 5.92 Å². The van der Waals surface area contributed by atoms with E-state index >= 15 is 0 Å². The highest BCUT2D eigenvalue weighted by atomic mass is 16.1. The van der Waals surface area contributed by atoms with E-state index < -0.39 is 0 Å². The minimum Gasteiger partial charge on any atom is -0.354 e. The Morgan fingerprint density at radius 1 is 1.44 bits per heavy atom. The van der Waals surface area contributed by atoms with Gasteiger partial charge in [-0.05, 0) is 19.5 Å². The van der Waals surface area contributed by atoms with Gasteiger partial charge >= 0.3 is 0 Å². The number of carbonyl (C=O) groups excluding carboxylic acids is 1. The number of rotatable bonds is 6. The zero-order chi connectivity index (χ0) is 12.0. The van der Waals surface area contributed by atoms with E-state index in [0.717, 1.165) is 32.6 Å². The first-order valence-electron chi connectivity index (χ1n) is 6.11. The average molecular weight is 225 g/mol. The van der Waals surface area contributed by atoms with Crippen molar-refractivity contribution in [2.24, 2.45) is 11.7 Å². The first-order chi connectivity index (χ1) is 7.67. The van der Waals surface area contributed by atoms with Gasteiger partial charge < -0.3 is 16.0 Å². The Morgan fingerprint density at radius 2 is 2.12 bits per heavy atom. The third-order valence-corrected chi connectivity index (χ3v) is 3.08. The molecule has 4 nitrogen and oxygen atoms in total. The molecule has 1 rings (SSSR count). The SMILES string of the molecule is CCN(CC)CCNC(=O)C1C=CC(N)C1. The van der Waals surface area contributed by atoms with Gasteiger partial charge in [0, 0.05) is 19.1 Å². The smallest absolute Gasteiger partial charge is 0.227 e. The molecule has 0 radical (unpaired) electrons. The maximum absolute atomic E-state index is 11.7. The van der Waals surface area contributed by atoms with Gasteiger partial charge in [0.25, 0.3) is 0 Å². The highest BCUT2D eigenvalue weighted by Crippen LogP contribution is 2.15. The second-order valence-corrected chi connectivity index (χ2v) is 4.21. The predicted molar refractivity (Wildman–Crippen MR) is 66.0 cm³/mol. The van der Waals surface area contributed by atoms with Crippen LogP contribution in [0.4, 0.5) is 0 Å². The Hall–Kier alpha value is -0.870. The van der Waals surface area contributed by atoms with E-state index in [4.69, 9.17) is 5.73 Å². The zero-order valence-electron chi connectivity index (χ0n) is 10.3. The largest absolute Gasteiger partial charge is 0.354 e. The molecule has 0 spiro atoms. The Labute approximate surface area is 97.9 Å². The normalized spacial score (nSPS) is 24.0. The summed E-state index contributed by atoms with van der Waals surface area (Å²) in [6.07, 6.45) is 4.57. The standard InChI is InChI=1S/C12H23N3O/c1-3-15(4-2)8-7-14-12(16)10-5-6-11(13)9-10/h5-6,10-11H,3-4,7-9,13H2,1-2H3,(H,14,16). The van der Waals surface area contributed by atoms with E-state index in [1.54, 1.807) is 0 Å². The molecular formula is C12H23N3O. The van der Waals surface area contributed by atoms with Crippen LogP contribution in [0.1, 0.15) is 20.3 Å². The first-order valence-corrected chi connectivity index (χ1v) is 6.11. The molecule has 3 N–H and O–H groups in total. The molecule has 0 heterocycles. The highest BCUT2D eigenvalue weighted by molar-refractivity contribution is 5.81. The molecule has 16 heavy (non-hydrogen) atoms. The van der Waals surface area contributed by atoms with E-state index in [2.05, 4.69) is 24.1 Å². The summed E-state index contributed by atoms with van der Waals surface area (Å²) < 4.78 is 0. The second-order valence-electron chi connectivity index (χ2n) is 4.21. The van der Waals surface area contributed by atoms with Crippen molar-refractivity contribution in [3.63, 3.8) is 0 Å². The first kappa shape index (κ1) is 13.2. The zero-order valence-corrected chi connectivity index (χ0v) is 10.3. The van der Waals surface area contributed by atoms with Crippen LogP contribution in [-0.4, -0.2) is 43.0 Å². The molecule has 1 amide bonds. The van der Waals surface area contributed by atoms with Crippen molar-refractivity contribution in [1.82, 2.24) is 10.2 Å². The summed E-state index contributed by atoms with van der Waals surface area (Å²) in [6, 6.07) is 0.0542. The van der Waals surface area contributed by atoms with E-state index in [0.29, 0.717) is 0 Å². The average Bonchev–Trinajstić information content (AvgIpc) is 2.71. The van der Waals surface area contributed by atoms with E-state index in [1.807, 2.05) is 12.2 Å². The number of carbonyl (C=O) groups is 1. The van der Waals surface area contributed by atoms with Crippen molar-refractivity contribution in [3.05, 3.63) is 12.2 Å². The molecule has 2 atom stereocenters. The van der Waals surface area contributed by atoms with Crippen LogP contribution >= 0.6 is 0 Å². The minimum absolute atomic E-state index is 0.0216. The summed E-state index contributed by atoms with van der Waals surface area (Å²) in [6.45, 7) is 7.95. The number of nitrogens with zero attached hydrogens (tertiary/aromatic N) is 1. The summed E-state index contributed by atoms with van der Waals surface area (Å²) in [4.78, 5) is 14.0. The summed E-state index contributed by atoms with van der Waals surface area (Å²) in [7, 11) is 0.